The zero-order chi connectivity index (χ0) is 18.1. The fourth-order valence-corrected chi connectivity index (χ4v) is 3.43. The first-order chi connectivity index (χ1) is 11.1. The topological polar surface area (TPSA) is 119 Å². The number of aliphatic hydroxyl groups is 2. The highest BCUT2D eigenvalue weighted by Gasteiger charge is 2.48. The molecule has 0 aromatic heterocycles. The van der Waals surface area contributed by atoms with Crippen LogP contribution in [-0.4, -0.2) is 55.3 Å². The first-order valence-corrected chi connectivity index (χ1v) is 8.71. The van der Waals surface area contributed by atoms with Gasteiger partial charge in [-0.25, -0.2) is 0 Å². The fourth-order valence-electron chi connectivity index (χ4n) is 2.34. The number of hydrogen-bond acceptors (Lipinski definition) is 8. The lowest BCUT2D eigenvalue weighted by atomic mass is 10.00. The average molecular weight is 360 g/mol. The summed E-state index contributed by atoms with van der Waals surface area (Å²) in [6.45, 7) is 4.32. The van der Waals surface area contributed by atoms with Gasteiger partial charge in [0.05, 0.1) is 11.0 Å². The van der Waals surface area contributed by atoms with Crippen molar-refractivity contribution in [2.24, 2.45) is 0 Å². The van der Waals surface area contributed by atoms with E-state index in [1.807, 2.05) is 0 Å². The molecule has 1 aromatic rings. The zero-order valence-corrected chi connectivity index (χ0v) is 14.3. The Morgan fingerprint density at radius 2 is 1.75 bits per heavy atom. The number of hydrogen-bond donors (Lipinski definition) is 2. The molecule has 1 saturated heterocycles. The lowest BCUT2D eigenvalue weighted by Gasteiger charge is -2.40. The van der Waals surface area contributed by atoms with Gasteiger partial charge in [-0.3, -0.25) is 8.98 Å². The van der Waals surface area contributed by atoms with Gasteiger partial charge in [-0.2, -0.15) is 8.42 Å². The highest BCUT2D eigenvalue weighted by molar-refractivity contribution is 7.86. The van der Waals surface area contributed by atoms with Crippen LogP contribution in [0.1, 0.15) is 19.4 Å². The Kier molecular flexibility index (Phi) is 5.61. The largest absolute Gasteiger partial charge is 0.454 e. The van der Waals surface area contributed by atoms with E-state index >= 15 is 0 Å². The van der Waals surface area contributed by atoms with Crippen LogP contribution >= 0.6 is 0 Å². The molecule has 0 radical (unpaired) electrons. The molecular formula is C15H20O8S. The van der Waals surface area contributed by atoms with E-state index in [0.29, 0.717) is 0 Å². The number of benzene rings is 1. The maximum atomic E-state index is 12.4. The van der Waals surface area contributed by atoms with E-state index in [1.165, 1.54) is 19.1 Å². The van der Waals surface area contributed by atoms with Crippen LogP contribution in [0, 0.1) is 6.92 Å². The second kappa shape index (κ2) is 7.16. The Morgan fingerprint density at radius 1 is 1.17 bits per heavy atom. The molecule has 1 aliphatic heterocycles. The van der Waals surface area contributed by atoms with Gasteiger partial charge in [-0.1, -0.05) is 17.7 Å². The van der Waals surface area contributed by atoms with Crippen LogP contribution in [0.3, 0.4) is 0 Å². The van der Waals surface area contributed by atoms with Crippen molar-refractivity contribution in [2.45, 2.75) is 56.4 Å². The van der Waals surface area contributed by atoms with Crippen LogP contribution in [0.25, 0.3) is 0 Å². The number of carbonyl (C=O) groups is 1. The van der Waals surface area contributed by atoms with E-state index in [4.69, 9.17) is 13.7 Å². The van der Waals surface area contributed by atoms with E-state index < -0.39 is 46.8 Å². The van der Waals surface area contributed by atoms with Crippen LogP contribution in [0.5, 0.6) is 0 Å². The SMILES string of the molecule is CC(=O)O[C@H]1[C@H](OS(=O)(=O)c2ccc(C)cc2)[C@H](O)[C@H](C)O[C@H]1O. The van der Waals surface area contributed by atoms with Gasteiger partial charge in [0, 0.05) is 6.92 Å². The molecule has 2 rings (SSSR count). The summed E-state index contributed by atoms with van der Waals surface area (Å²) in [7, 11) is -4.24. The molecule has 1 fully saturated rings. The van der Waals surface area contributed by atoms with Crippen LogP contribution in [0.4, 0.5) is 0 Å². The van der Waals surface area contributed by atoms with Crippen molar-refractivity contribution in [2.75, 3.05) is 0 Å². The summed E-state index contributed by atoms with van der Waals surface area (Å²) in [6.07, 6.45) is -6.93. The molecule has 8 nitrogen and oxygen atoms in total. The quantitative estimate of drug-likeness (QED) is 0.573. The molecule has 0 spiro atoms. The predicted molar refractivity (Wildman–Crippen MR) is 81.4 cm³/mol. The van der Waals surface area contributed by atoms with Gasteiger partial charge >= 0.3 is 5.97 Å². The highest BCUT2D eigenvalue weighted by atomic mass is 32.2. The Morgan fingerprint density at radius 3 is 2.29 bits per heavy atom. The monoisotopic (exact) mass is 360 g/mol. The molecule has 134 valence electrons. The van der Waals surface area contributed by atoms with Crippen molar-refractivity contribution in [1.29, 1.82) is 0 Å². The summed E-state index contributed by atoms with van der Waals surface area (Å²) in [5, 5.41) is 20.1. The molecule has 0 saturated carbocycles. The fraction of sp³-hybridized carbons (Fsp3) is 0.533. The lowest BCUT2D eigenvalue weighted by molar-refractivity contribution is -0.277. The van der Waals surface area contributed by atoms with Gasteiger partial charge < -0.3 is 19.7 Å². The number of carbonyl (C=O) groups excluding carboxylic acids is 1. The second-order valence-electron chi connectivity index (χ2n) is 5.62. The molecule has 1 aliphatic rings. The third kappa shape index (κ3) is 4.11. The number of ether oxygens (including phenoxy) is 2. The van der Waals surface area contributed by atoms with E-state index in [9.17, 15) is 23.4 Å². The van der Waals surface area contributed by atoms with Crippen LogP contribution in [-0.2, 0) is 28.6 Å². The Hall–Kier alpha value is -1.52. The molecule has 5 atom stereocenters. The predicted octanol–water partition coefficient (Wildman–Crippen LogP) is 0.0986. The Bertz CT molecular complexity index is 684. The molecule has 2 N–H and O–H groups in total. The molecule has 24 heavy (non-hydrogen) atoms. The van der Waals surface area contributed by atoms with Gasteiger partial charge in [0.1, 0.15) is 12.2 Å². The maximum Gasteiger partial charge on any atom is 0.303 e. The lowest BCUT2D eigenvalue weighted by Crippen LogP contribution is -2.59. The summed E-state index contributed by atoms with van der Waals surface area (Å²) in [6, 6.07) is 5.91. The van der Waals surface area contributed by atoms with Gasteiger partial charge in [-0.05, 0) is 26.0 Å². The molecule has 1 aromatic carbocycles. The number of esters is 1. The van der Waals surface area contributed by atoms with Crippen LogP contribution in [0.2, 0.25) is 0 Å². The maximum absolute atomic E-state index is 12.4. The first kappa shape index (κ1) is 18.8. The molecule has 0 unspecified atom stereocenters. The van der Waals surface area contributed by atoms with Gasteiger partial charge in [-0.15, -0.1) is 0 Å². The van der Waals surface area contributed by atoms with Crippen molar-refractivity contribution in [3.63, 3.8) is 0 Å². The standard InChI is InChI=1S/C15H20O8S/c1-8-4-6-11(7-5-8)24(19,20)23-13-12(17)9(2)21-15(18)14(13)22-10(3)16/h4-7,9,12-15,17-18H,1-3H3/t9-,12+,13+,14-,15+/m0/s1. The van der Waals surface area contributed by atoms with Crippen molar-refractivity contribution in [3.8, 4) is 0 Å². The normalized spacial score (nSPS) is 30.8. The average Bonchev–Trinajstić information content (AvgIpc) is 2.48. The van der Waals surface area contributed by atoms with Crippen molar-refractivity contribution in [1.82, 2.24) is 0 Å². The summed E-state index contributed by atoms with van der Waals surface area (Å²) in [5.41, 5.74) is 0.863. The summed E-state index contributed by atoms with van der Waals surface area (Å²) < 4.78 is 39.8. The highest BCUT2D eigenvalue weighted by Crippen LogP contribution is 2.28. The van der Waals surface area contributed by atoms with Gasteiger partial charge in [0.15, 0.2) is 12.4 Å². The van der Waals surface area contributed by atoms with Crippen LogP contribution < -0.4 is 0 Å². The molecular weight excluding hydrogens is 340 g/mol. The van der Waals surface area contributed by atoms with Crippen molar-refractivity contribution < 1.29 is 37.1 Å². The van der Waals surface area contributed by atoms with Crippen molar-refractivity contribution in [3.05, 3.63) is 29.8 Å². The smallest absolute Gasteiger partial charge is 0.303 e. The van der Waals surface area contributed by atoms with Crippen molar-refractivity contribution >= 4 is 16.1 Å². The van der Waals surface area contributed by atoms with Gasteiger partial charge in [0.2, 0.25) is 0 Å². The van der Waals surface area contributed by atoms with E-state index in [0.717, 1.165) is 12.5 Å². The molecule has 9 heteroatoms. The third-order valence-corrected chi connectivity index (χ3v) is 4.95. The van der Waals surface area contributed by atoms with Crippen LogP contribution in [0.15, 0.2) is 29.2 Å². The Balaban J connectivity index is 2.30. The zero-order valence-electron chi connectivity index (χ0n) is 13.4. The molecule has 1 heterocycles. The number of aryl methyl sites for hydroxylation is 1. The third-order valence-electron chi connectivity index (χ3n) is 3.63. The minimum absolute atomic E-state index is 0.115. The number of rotatable bonds is 4. The molecule has 0 aliphatic carbocycles. The minimum atomic E-state index is -4.24. The van der Waals surface area contributed by atoms with E-state index in [-0.39, 0.29) is 4.90 Å². The number of aliphatic hydroxyl groups excluding tert-OH is 2. The summed E-state index contributed by atoms with van der Waals surface area (Å²) in [5.74, 6) is -0.772. The van der Waals surface area contributed by atoms with E-state index in [2.05, 4.69) is 0 Å². The van der Waals surface area contributed by atoms with E-state index in [1.54, 1.807) is 19.1 Å². The van der Waals surface area contributed by atoms with Gasteiger partial charge in [0.25, 0.3) is 10.1 Å². The molecule has 0 bridgehead atoms. The Labute approximate surface area is 140 Å². The second-order valence-corrected chi connectivity index (χ2v) is 7.20. The molecule has 0 amide bonds. The first-order valence-electron chi connectivity index (χ1n) is 7.30. The summed E-state index contributed by atoms with van der Waals surface area (Å²) in [4.78, 5) is 11.1. The minimum Gasteiger partial charge on any atom is -0.454 e. The summed E-state index contributed by atoms with van der Waals surface area (Å²) >= 11 is 0.